The summed E-state index contributed by atoms with van der Waals surface area (Å²) in [6.45, 7) is 2.15. The molecule has 5 nitrogen and oxygen atoms in total. The number of benzene rings is 1. The number of carbonyl (C=O) groups excluding carboxylic acids is 1. The Morgan fingerprint density at radius 2 is 1.96 bits per heavy atom. The molecule has 134 valence electrons. The Labute approximate surface area is 149 Å². The average molecular weight is 342 g/mol. The van der Waals surface area contributed by atoms with Gasteiger partial charge < -0.3 is 14.7 Å². The second-order valence-electron chi connectivity index (χ2n) is 7.46. The Morgan fingerprint density at radius 3 is 2.60 bits per heavy atom. The van der Waals surface area contributed by atoms with E-state index in [1.54, 1.807) is 0 Å². The summed E-state index contributed by atoms with van der Waals surface area (Å²) in [6.07, 6.45) is 3.42. The number of aliphatic hydroxyl groups excluding tert-OH is 1. The first kappa shape index (κ1) is 17.9. The number of rotatable bonds is 4. The van der Waals surface area contributed by atoms with E-state index in [4.69, 9.17) is 4.74 Å². The molecule has 2 heterocycles. The summed E-state index contributed by atoms with van der Waals surface area (Å²) in [5.74, 6) is -0.0797. The molecule has 0 radical (unpaired) electrons. The van der Waals surface area contributed by atoms with Crippen LogP contribution in [0.3, 0.4) is 0 Å². The molecule has 0 aliphatic carbocycles. The topological polar surface area (TPSA) is 73.6 Å². The molecule has 2 fully saturated rings. The quantitative estimate of drug-likeness (QED) is 0.910. The van der Waals surface area contributed by atoms with Gasteiger partial charge in [0, 0.05) is 31.7 Å². The molecular weight excluding hydrogens is 316 g/mol. The van der Waals surface area contributed by atoms with Crippen LogP contribution in [0.4, 0.5) is 0 Å². The number of piperidine rings is 1. The molecule has 1 aromatic rings. The van der Waals surface area contributed by atoms with Crippen LogP contribution in [0.25, 0.3) is 0 Å². The lowest BCUT2D eigenvalue weighted by atomic mass is 9.74. The van der Waals surface area contributed by atoms with E-state index in [2.05, 4.69) is 18.2 Å². The van der Waals surface area contributed by atoms with Gasteiger partial charge in [0.25, 0.3) is 0 Å². The highest BCUT2D eigenvalue weighted by molar-refractivity contribution is 5.85. The van der Waals surface area contributed by atoms with Crippen LogP contribution in [0.5, 0.6) is 0 Å². The summed E-state index contributed by atoms with van der Waals surface area (Å²) in [6, 6.07) is 12.4. The molecule has 0 bridgehead atoms. The molecule has 0 saturated carbocycles. The zero-order chi connectivity index (χ0) is 17.8. The first-order valence-corrected chi connectivity index (χ1v) is 9.06. The van der Waals surface area contributed by atoms with Crippen molar-refractivity contribution in [2.24, 2.45) is 10.8 Å². The van der Waals surface area contributed by atoms with Crippen LogP contribution in [0.1, 0.15) is 31.2 Å². The van der Waals surface area contributed by atoms with E-state index in [9.17, 15) is 15.2 Å². The number of hydrogen-bond donors (Lipinski definition) is 1. The van der Waals surface area contributed by atoms with Crippen LogP contribution in [0.15, 0.2) is 30.3 Å². The Kier molecular flexibility index (Phi) is 5.41. The second-order valence-corrected chi connectivity index (χ2v) is 7.46. The van der Waals surface area contributed by atoms with Crippen molar-refractivity contribution >= 4 is 5.91 Å². The van der Waals surface area contributed by atoms with Gasteiger partial charge in [0.2, 0.25) is 5.91 Å². The molecule has 0 spiro atoms. The summed E-state index contributed by atoms with van der Waals surface area (Å²) in [5.41, 5.74) is -0.104. The van der Waals surface area contributed by atoms with Gasteiger partial charge in [0.1, 0.15) is 5.41 Å². The van der Waals surface area contributed by atoms with Crippen molar-refractivity contribution in [2.45, 2.75) is 32.1 Å². The van der Waals surface area contributed by atoms with Crippen molar-refractivity contribution in [3.05, 3.63) is 35.9 Å². The molecule has 1 aromatic carbocycles. The zero-order valence-electron chi connectivity index (χ0n) is 14.6. The van der Waals surface area contributed by atoms with Crippen LogP contribution >= 0.6 is 0 Å². The SMILES string of the molecule is N#CC1(C(=O)N2CCCC(CO)(Cc3ccccc3)C2)CCOCC1. The molecule has 0 aromatic heterocycles. The van der Waals surface area contributed by atoms with Crippen molar-refractivity contribution < 1.29 is 14.6 Å². The number of likely N-dealkylation sites (tertiary alicyclic amines) is 1. The predicted octanol–water partition coefficient (Wildman–Crippen LogP) is 2.15. The number of ether oxygens (including phenoxy) is 1. The Balaban J connectivity index is 1.77. The number of hydrogen-bond acceptors (Lipinski definition) is 4. The van der Waals surface area contributed by atoms with Gasteiger partial charge >= 0.3 is 0 Å². The first-order valence-electron chi connectivity index (χ1n) is 9.06. The summed E-state index contributed by atoms with van der Waals surface area (Å²) >= 11 is 0. The van der Waals surface area contributed by atoms with Crippen molar-refractivity contribution in [3.8, 4) is 6.07 Å². The highest BCUT2D eigenvalue weighted by Gasteiger charge is 2.46. The lowest BCUT2D eigenvalue weighted by molar-refractivity contribution is -0.147. The molecule has 2 aliphatic rings. The highest BCUT2D eigenvalue weighted by Crippen LogP contribution is 2.38. The molecule has 1 amide bonds. The molecule has 25 heavy (non-hydrogen) atoms. The molecule has 1 atom stereocenters. The number of nitrogens with zero attached hydrogens (tertiary/aromatic N) is 2. The maximum Gasteiger partial charge on any atom is 0.243 e. The molecule has 2 aliphatic heterocycles. The lowest BCUT2D eigenvalue weighted by Gasteiger charge is -2.44. The minimum Gasteiger partial charge on any atom is -0.396 e. The number of aliphatic hydroxyl groups is 1. The summed E-state index contributed by atoms with van der Waals surface area (Å²) in [5, 5.41) is 19.8. The smallest absolute Gasteiger partial charge is 0.243 e. The van der Waals surface area contributed by atoms with Crippen molar-refractivity contribution in [1.29, 1.82) is 5.26 Å². The van der Waals surface area contributed by atoms with Crippen LogP contribution in [0, 0.1) is 22.2 Å². The second kappa shape index (κ2) is 7.55. The van der Waals surface area contributed by atoms with Gasteiger partial charge in [-0.3, -0.25) is 4.79 Å². The van der Waals surface area contributed by atoms with Gasteiger partial charge in [0.05, 0.1) is 12.7 Å². The minimum atomic E-state index is -0.955. The number of carbonyl (C=O) groups is 1. The molecular formula is C20H26N2O3. The van der Waals surface area contributed by atoms with Crippen molar-refractivity contribution in [3.63, 3.8) is 0 Å². The predicted molar refractivity (Wildman–Crippen MR) is 93.6 cm³/mol. The van der Waals surface area contributed by atoms with Crippen molar-refractivity contribution in [2.75, 3.05) is 32.9 Å². The summed E-state index contributed by atoms with van der Waals surface area (Å²) < 4.78 is 5.34. The van der Waals surface area contributed by atoms with Gasteiger partial charge in [-0.25, -0.2) is 0 Å². The maximum atomic E-state index is 13.1. The summed E-state index contributed by atoms with van der Waals surface area (Å²) in [4.78, 5) is 14.9. The highest BCUT2D eigenvalue weighted by atomic mass is 16.5. The number of amides is 1. The van der Waals surface area contributed by atoms with E-state index in [0.29, 0.717) is 39.1 Å². The van der Waals surface area contributed by atoms with E-state index < -0.39 is 5.41 Å². The van der Waals surface area contributed by atoms with E-state index in [-0.39, 0.29) is 17.9 Å². The monoisotopic (exact) mass is 342 g/mol. The average Bonchev–Trinajstić information content (AvgIpc) is 2.69. The van der Waals surface area contributed by atoms with Gasteiger partial charge in [-0.05, 0) is 37.7 Å². The normalized spacial score (nSPS) is 26.0. The third-order valence-corrected chi connectivity index (χ3v) is 5.68. The van der Waals surface area contributed by atoms with Gasteiger partial charge in [-0.15, -0.1) is 0 Å². The Morgan fingerprint density at radius 1 is 1.24 bits per heavy atom. The molecule has 5 heteroatoms. The number of nitriles is 1. The fourth-order valence-corrected chi connectivity index (χ4v) is 4.14. The van der Waals surface area contributed by atoms with Crippen LogP contribution in [-0.2, 0) is 16.0 Å². The van der Waals surface area contributed by atoms with Crippen LogP contribution in [-0.4, -0.2) is 48.8 Å². The van der Waals surface area contributed by atoms with Gasteiger partial charge in [0.15, 0.2) is 0 Å². The molecule has 2 saturated heterocycles. The third-order valence-electron chi connectivity index (χ3n) is 5.68. The zero-order valence-corrected chi connectivity index (χ0v) is 14.6. The fourth-order valence-electron chi connectivity index (χ4n) is 4.14. The van der Waals surface area contributed by atoms with Crippen molar-refractivity contribution in [1.82, 2.24) is 4.90 Å². The molecule has 1 N–H and O–H groups in total. The molecule has 3 rings (SSSR count). The van der Waals surface area contributed by atoms with E-state index in [1.165, 1.54) is 5.56 Å². The molecule has 1 unspecified atom stereocenters. The van der Waals surface area contributed by atoms with E-state index in [0.717, 1.165) is 19.3 Å². The van der Waals surface area contributed by atoms with E-state index >= 15 is 0 Å². The largest absolute Gasteiger partial charge is 0.396 e. The van der Waals surface area contributed by atoms with Crippen LogP contribution in [0.2, 0.25) is 0 Å². The van der Waals surface area contributed by atoms with Crippen LogP contribution < -0.4 is 0 Å². The lowest BCUT2D eigenvalue weighted by Crippen LogP contribution is -2.54. The first-order chi connectivity index (χ1) is 12.1. The third kappa shape index (κ3) is 3.70. The minimum absolute atomic E-state index is 0.0499. The summed E-state index contributed by atoms with van der Waals surface area (Å²) in [7, 11) is 0. The van der Waals surface area contributed by atoms with E-state index in [1.807, 2.05) is 23.1 Å². The Bertz CT molecular complexity index is 634. The standard InChI is InChI=1S/C20H26N2O3/c21-14-20(8-11-25-12-9-20)18(24)22-10-4-7-19(15-22,16-23)13-17-5-2-1-3-6-17/h1-3,5-6,23H,4,7-13,15-16H2. The van der Waals surface area contributed by atoms with Gasteiger partial charge in [-0.1, -0.05) is 30.3 Å². The Hall–Kier alpha value is -1.90. The fraction of sp³-hybridized carbons (Fsp3) is 0.600. The maximum absolute atomic E-state index is 13.1. The van der Waals surface area contributed by atoms with Gasteiger partial charge in [-0.2, -0.15) is 5.26 Å².